The van der Waals surface area contributed by atoms with Crippen LogP contribution in [0.25, 0.3) is 10.9 Å². The van der Waals surface area contributed by atoms with Crippen LogP contribution in [0.1, 0.15) is 12.8 Å². The number of nitrogens with zero attached hydrogens (tertiary/aromatic N) is 3. The quantitative estimate of drug-likeness (QED) is 0.728. The van der Waals surface area contributed by atoms with Crippen molar-refractivity contribution in [3.05, 3.63) is 30.6 Å². The summed E-state index contributed by atoms with van der Waals surface area (Å²) < 4.78 is 5.17. The summed E-state index contributed by atoms with van der Waals surface area (Å²) in [5, 5.41) is 12.6. The number of aromatic nitrogens is 2. The highest BCUT2D eigenvalue weighted by molar-refractivity contribution is 5.89. The standard InChI is InChI=1S/C18H24N4O3/c23-9-11-25-10-7-19-18(24)14-4-3-8-22(12-14)17-15-5-1-2-6-16(15)20-13-21-17/h1-2,5-6,13-14,23H,3-4,7-12H2,(H,19,24). The van der Waals surface area contributed by atoms with Crippen molar-refractivity contribution in [1.82, 2.24) is 15.3 Å². The molecule has 3 rings (SSSR count). The molecule has 7 nitrogen and oxygen atoms in total. The van der Waals surface area contributed by atoms with Crippen molar-refractivity contribution in [2.24, 2.45) is 5.92 Å². The third-order valence-electron chi connectivity index (χ3n) is 4.39. The summed E-state index contributed by atoms with van der Waals surface area (Å²) in [7, 11) is 0. The summed E-state index contributed by atoms with van der Waals surface area (Å²) >= 11 is 0. The molecule has 0 radical (unpaired) electrons. The predicted octanol–water partition coefficient (Wildman–Crippen LogP) is 0.971. The SMILES string of the molecule is O=C(NCCOCCO)C1CCCN(c2ncnc3ccccc23)C1. The van der Waals surface area contributed by atoms with Gasteiger partial charge in [-0.05, 0) is 25.0 Å². The first-order chi connectivity index (χ1) is 12.3. The number of piperidine rings is 1. The van der Waals surface area contributed by atoms with Crippen molar-refractivity contribution >= 4 is 22.6 Å². The Bertz CT molecular complexity index is 704. The Labute approximate surface area is 147 Å². The molecule has 0 saturated carbocycles. The zero-order valence-corrected chi connectivity index (χ0v) is 14.2. The maximum absolute atomic E-state index is 12.4. The maximum atomic E-state index is 12.4. The van der Waals surface area contributed by atoms with Gasteiger partial charge in [-0.15, -0.1) is 0 Å². The van der Waals surface area contributed by atoms with Crippen molar-refractivity contribution in [2.75, 3.05) is 44.4 Å². The molecule has 1 saturated heterocycles. The van der Waals surface area contributed by atoms with E-state index in [1.165, 1.54) is 0 Å². The first-order valence-corrected chi connectivity index (χ1v) is 8.70. The monoisotopic (exact) mass is 344 g/mol. The van der Waals surface area contributed by atoms with E-state index >= 15 is 0 Å². The highest BCUT2D eigenvalue weighted by atomic mass is 16.5. The zero-order valence-electron chi connectivity index (χ0n) is 14.2. The van der Waals surface area contributed by atoms with Gasteiger partial charge in [0.05, 0.1) is 31.3 Å². The number of benzene rings is 1. The number of carbonyl (C=O) groups excluding carboxylic acids is 1. The first kappa shape index (κ1) is 17.6. The second-order valence-corrected chi connectivity index (χ2v) is 6.13. The van der Waals surface area contributed by atoms with E-state index in [2.05, 4.69) is 20.2 Å². The summed E-state index contributed by atoms with van der Waals surface area (Å²) in [6, 6.07) is 7.94. The van der Waals surface area contributed by atoms with Gasteiger partial charge in [-0.2, -0.15) is 0 Å². The Morgan fingerprint density at radius 3 is 3.08 bits per heavy atom. The lowest BCUT2D eigenvalue weighted by Crippen LogP contribution is -2.44. The number of carbonyl (C=O) groups is 1. The molecule has 1 unspecified atom stereocenters. The number of hydrogen-bond donors (Lipinski definition) is 2. The van der Waals surface area contributed by atoms with Crippen LogP contribution in [-0.4, -0.2) is 60.4 Å². The number of rotatable bonds is 7. The number of aliphatic hydroxyl groups excluding tert-OH is 1. The smallest absolute Gasteiger partial charge is 0.224 e. The van der Waals surface area contributed by atoms with Crippen LogP contribution in [0.4, 0.5) is 5.82 Å². The van der Waals surface area contributed by atoms with E-state index in [-0.39, 0.29) is 18.4 Å². The molecule has 134 valence electrons. The van der Waals surface area contributed by atoms with Gasteiger partial charge in [0.15, 0.2) is 0 Å². The summed E-state index contributed by atoms with van der Waals surface area (Å²) in [4.78, 5) is 23.3. The molecule has 1 fully saturated rings. The Kier molecular flexibility index (Phi) is 6.14. The summed E-state index contributed by atoms with van der Waals surface area (Å²) in [5.74, 6) is 0.894. The number of para-hydroxylation sites is 1. The lowest BCUT2D eigenvalue weighted by molar-refractivity contribution is -0.125. The minimum Gasteiger partial charge on any atom is -0.394 e. The molecular weight excluding hydrogens is 320 g/mol. The molecule has 1 aromatic heterocycles. The fourth-order valence-electron chi connectivity index (χ4n) is 3.18. The molecule has 1 amide bonds. The number of aliphatic hydroxyl groups is 1. The van der Waals surface area contributed by atoms with Crippen molar-refractivity contribution < 1.29 is 14.6 Å². The molecule has 2 aromatic rings. The van der Waals surface area contributed by atoms with Gasteiger partial charge in [-0.25, -0.2) is 9.97 Å². The molecule has 0 aliphatic carbocycles. The highest BCUT2D eigenvalue weighted by Gasteiger charge is 2.27. The Morgan fingerprint density at radius 1 is 1.32 bits per heavy atom. The van der Waals surface area contributed by atoms with Crippen molar-refractivity contribution in [1.29, 1.82) is 0 Å². The molecule has 2 N–H and O–H groups in total. The summed E-state index contributed by atoms with van der Waals surface area (Å²) in [6.45, 7) is 2.73. The molecule has 7 heteroatoms. The number of hydrogen-bond acceptors (Lipinski definition) is 6. The number of amides is 1. The average molecular weight is 344 g/mol. The van der Waals surface area contributed by atoms with Gasteiger partial charge in [0.2, 0.25) is 5.91 Å². The number of nitrogens with one attached hydrogen (secondary N) is 1. The molecule has 0 spiro atoms. The molecule has 1 aliphatic rings. The predicted molar refractivity (Wildman–Crippen MR) is 95.4 cm³/mol. The second-order valence-electron chi connectivity index (χ2n) is 6.13. The van der Waals surface area contributed by atoms with Gasteiger partial charge in [0.25, 0.3) is 0 Å². The Morgan fingerprint density at radius 2 is 2.20 bits per heavy atom. The van der Waals surface area contributed by atoms with Crippen LogP contribution in [-0.2, 0) is 9.53 Å². The van der Waals surface area contributed by atoms with Crippen molar-refractivity contribution in [3.63, 3.8) is 0 Å². The fraction of sp³-hybridized carbons (Fsp3) is 0.500. The number of ether oxygens (including phenoxy) is 1. The van der Waals surface area contributed by atoms with Crippen molar-refractivity contribution in [2.45, 2.75) is 12.8 Å². The molecule has 25 heavy (non-hydrogen) atoms. The van der Waals surface area contributed by atoms with Crippen LogP contribution < -0.4 is 10.2 Å². The molecular formula is C18H24N4O3. The van der Waals surface area contributed by atoms with E-state index in [0.29, 0.717) is 26.3 Å². The third kappa shape index (κ3) is 4.43. The van der Waals surface area contributed by atoms with E-state index in [9.17, 15) is 4.79 Å². The lowest BCUT2D eigenvalue weighted by Gasteiger charge is -2.33. The van der Waals surface area contributed by atoms with E-state index in [1.54, 1.807) is 6.33 Å². The highest BCUT2D eigenvalue weighted by Crippen LogP contribution is 2.27. The van der Waals surface area contributed by atoms with Crippen LogP contribution in [0.15, 0.2) is 30.6 Å². The van der Waals surface area contributed by atoms with Crippen LogP contribution in [0.3, 0.4) is 0 Å². The van der Waals surface area contributed by atoms with Gasteiger partial charge in [0.1, 0.15) is 12.1 Å². The van der Waals surface area contributed by atoms with Crippen LogP contribution >= 0.6 is 0 Å². The molecule has 2 heterocycles. The van der Waals surface area contributed by atoms with E-state index in [0.717, 1.165) is 36.1 Å². The third-order valence-corrected chi connectivity index (χ3v) is 4.39. The van der Waals surface area contributed by atoms with Gasteiger partial charge in [-0.3, -0.25) is 4.79 Å². The summed E-state index contributed by atoms with van der Waals surface area (Å²) in [6.07, 6.45) is 3.42. The molecule has 0 bridgehead atoms. The van der Waals surface area contributed by atoms with Crippen LogP contribution in [0.2, 0.25) is 0 Å². The Balaban J connectivity index is 1.62. The molecule has 1 aromatic carbocycles. The molecule has 1 atom stereocenters. The van der Waals surface area contributed by atoms with E-state index in [4.69, 9.17) is 9.84 Å². The minimum absolute atomic E-state index is 0.00157. The number of anilines is 1. The first-order valence-electron chi connectivity index (χ1n) is 8.70. The van der Waals surface area contributed by atoms with Crippen molar-refractivity contribution in [3.8, 4) is 0 Å². The van der Waals surface area contributed by atoms with E-state index < -0.39 is 0 Å². The van der Waals surface area contributed by atoms with Crippen LogP contribution in [0.5, 0.6) is 0 Å². The summed E-state index contributed by atoms with van der Waals surface area (Å²) in [5.41, 5.74) is 0.917. The molecule has 1 aliphatic heterocycles. The van der Waals surface area contributed by atoms with Gasteiger partial charge >= 0.3 is 0 Å². The topological polar surface area (TPSA) is 87.6 Å². The largest absolute Gasteiger partial charge is 0.394 e. The fourth-order valence-corrected chi connectivity index (χ4v) is 3.18. The lowest BCUT2D eigenvalue weighted by atomic mass is 9.97. The maximum Gasteiger partial charge on any atom is 0.224 e. The van der Waals surface area contributed by atoms with Gasteiger partial charge < -0.3 is 20.1 Å². The van der Waals surface area contributed by atoms with E-state index in [1.807, 2.05) is 24.3 Å². The Hall–Kier alpha value is -2.25. The zero-order chi connectivity index (χ0) is 17.5. The second kappa shape index (κ2) is 8.73. The normalized spacial score (nSPS) is 17.6. The van der Waals surface area contributed by atoms with Gasteiger partial charge in [-0.1, -0.05) is 12.1 Å². The van der Waals surface area contributed by atoms with Crippen LogP contribution in [0, 0.1) is 5.92 Å². The average Bonchev–Trinajstić information content (AvgIpc) is 2.67. The number of fused-ring (bicyclic) bond motifs is 1. The minimum atomic E-state index is -0.0553. The van der Waals surface area contributed by atoms with Gasteiger partial charge in [0, 0.05) is 25.0 Å².